The van der Waals surface area contributed by atoms with Gasteiger partial charge in [-0.05, 0) is 24.3 Å². The van der Waals surface area contributed by atoms with E-state index < -0.39 is 0 Å². The zero-order valence-corrected chi connectivity index (χ0v) is 11.2. The monoisotopic (exact) mass is 275 g/mol. The molecule has 3 N–H and O–H groups in total. The molecule has 0 bridgehead atoms. The van der Waals surface area contributed by atoms with Gasteiger partial charge in [0.05, 0.1) is 28.8 Å². The second-order valence-corrected chi connectivity index (χ2v) is 4.79. The molecule has 1 aliphatic heterocycles. The lowest BCUT2D eigenvalue weighted by Crippen LogP contribution is -2.13. The molecule has 0 amide bonds. The number of aliphatic imine (C=N–C) groups is 1. The number of nitrogens with zero attached hydrogens (tertiary/aromatic N) is 3. The number of nitrogens with one attached hydrogen (secondary N) is 1. The van der Waals surface area contributed by atoms with Crippen molar-refractivity contribution in [3.63, 3.8) is 0 Å². The van der Waals surface area contributed by atoms with Gasteiger partial charge in [0.25, 0.3) is 0 Å². The van der Waals surface area contributed by atoms with Crippen molar-refractivity contribution >= 4 is 23.0 Å². The first-order chi connectivity index (χ1) is 10.3. The van der Waals surface area contributed by atoms with E-state index in [4.69, 9.17) is 5.73 Å². The van der Waals surface area contributed by atoms with Crippen molar-refractivity contribution in [1.29, 1.82) is 0 Å². The van der Waals surface area contributed by atoms with E-state index in [2.05, 4.69) is 15.4 Å². The molecule has 1 aromatic heterocycles. The average molecular weight is 275 g/mol. The van der Waals surface area contributed by atoms with Gasteiger partial charge < -0.3 is 11.1 Å². The Morgan fingerprint density at radius 2 is 1.71 bits per heavy atom. The number of anilines is 2. The molecule has 0 saturated carbocycles. The molecular formula is C16H13N5. The fourth-order valence-electron chi connectivity index (χ4n) is 2.42. The number of hydrogen-bond acceptors (Lipinski definition) is 4. The fourth-order valence-corrected chi connectivity index (χ4v) is 2.42. The van der Waals surface area contributed by atoms with Crippen LogP contribution in [0.5, 0.6) is 0 Å². The maximum absolute atomic E-state index is 6.11. The van der Waals surface area contributed by atoms with Gasteiger partial charge in [0.2, 0.25) is 0 Å². The third kappa shape index (κ3) is 1.87. The van der Waals surface area contributed by atoms with Gasteiger partial charge >= 0.3 is 0 Å². The van der Waals surface area contributed by atoms with E-state index in [0.717, 1.165) is 28.4 Å². The molecule has 5 nitrogen and oxygen atoms in total. The minimum absolute atomic E-state index is 0.463. The Hall–Kier alpha value is -3.08. The van der Waals surface area contributed by atoms with E-state index in [1.165, 1.54) is 0 Å². The maximum Gasteiger partial charge on any atom is 0.145 e. The first-order valence-electron chi connectivity index (χ1n) is 6.67. The number of aromatic nitrogens is 2. The van der Waals surface area contributed by atoms with E-state index in [9.17, 15) is 0 Å². The summed E-state index contributed by atoms with van der Waals surface area (Å²) in [5.41, 5.74) is 9.62. The summed E-state index contributed by atoms with van der Waals surface area (Å²) >= 11 is 0. The van der Waals surface area contributed by atoms with Gasteiger partial charge in [-0.2, -0.15) is 5.10 Å². The van der Waals surface area contributed by atoms with Crippen LogP contribution in [0.4, 0.5) is 17.2 Å². The highest BCUT2D eigenvalue weighted by atomic mass is 15.3. The van der Waals surface area contributed by atoms with E-state index >= 15 is 0 Å². The maximum atomic E-state index is 6.11. The highest BCUT2D eigenvalue weighted by Crippen LogP contribution is 2.33. The van der Waals surface area contributed by atoms with Crippen LogP contribution in [0, 0.1) is 0 Å². The topological polar surface area (TPSA) is 68.2 Å². The third-order valence-electron chi connectivity index (χ3n) is 3.44. The van der Waals surface area contributed by atoms with Crippen LogP contribution in [0.15, 0.2) is 65.8 Å². The summed E-state index contributed by atoms with van der Waals surface area (Å²) in [5.74, 6) is 1.29. The number of nitrogens with two attached hydrogens (primary N) is 1. The van der Waals surface area contributed by atoms with Crippen LogP contribution in [-0.4, -0.2) is 15.6 Å². The summed E-state index contributed by atoms with van der Waals surface area (Å²) in [7, 11) is 0. The first-order valence-corrected chi connectivity index (χ1v) is 6.67. The van der Waals surface area contributed by atoms with Gasteiger partial charge in [-0.15, -0.1) is 0 Å². The van der Waals surface area contributed by atoms with Crippen molar-refractivity contribution in [3.05, 3.63) is 66.4 Å². The van der Waals surface area contributed by atoms with Gasteiger partial charge in [0, 0.05) is 0 Å². The van der Waals surface area contributed by atoms with Gasteiger partial charge in [0.15, 0.2) is 0 Å². The molecule has 5 heteroatoms. The van der Waals surface area contributed by atoms with Crippen molar-refractivity contribution in [2.75, 3.05) is 5.32 Å². The average Bonchev–Trinajstić information content (AvgIpc) is 2.88. The molecule has 0 spiro atoms. The molecule has 0 unspecified atom stereocenters. The third-order valence-corrected chi connectivity index (χ3v) is 3.44. The molecule has 102 valence electrons. The lowest BCUT2D eigenvalue weighted by molar-refractivity contribution is 0.888. The van der Waals surface area contributed by atoms with Gasteiger partial charge in [-0.3, -0.25) is 0 Å². The minimum atomic E-state index is 0.463. The first kappa shape index (κ1) is 11.7. The molecule has 1 aliphatic rings. The minimum Gasteiger partial charge on any atom is -0.383 e. The zero-order chi connectivity index (χ0) is 14.2. The molecule has 4 rings (SSSR count). The van der Waals surface area contributed by atoms with Crippen molar-refractivity contribution in [2.24, 2.45) is 10.7 Å². The van der Waals surface area contributed by atoms with Crippen LogP contribution < -0.4 is 11.1 Å². The second-order valence-electron chi connectivity index (χ2n) is 4.79. The number of para-hydroxylation sites is 3. The van der Waals surface area contributed by atoms with E-state index in [-0.39, 0.29) is 0 Å². The summed E-state index contributed by atoms with van der Waals surface area (Å²) in [4.78, 5) is 4.47. The van der Waals surface area contributed by atoms with Gasteiger partial charge in [-0.1, -0.05) is 30.3 Å². The predicted molar refractivity (Wildman–Crippen MR) is 83.7 cm³/mol. The second kappa shape index (κ2) is 4.49. The van der Waals surface area contributed by atoms with Crippen LogP contribution in [0.1, 0.15) is 5.56 Å². The van der Waals surface area contributed by atoms with E-state index in [1.54, 1.807) is 6.20 Å². The number of fused-ring (bicyclic) bond motifs is 2. The molecular weight excluding hydrogens is 262 g/mol. The van der Waals surface area contributed by atoms with Crippen LogP contribution in [-0.2, 0) is 0 Å². The molecule has 0 saturated heterocycles. The Morgan fingerprint density at radius 3 is 2.57 bits per heavy atom. The molecule has 0 aliphatic carbocycles. The quantitative estimate of drug-likeness (QED) is 0.717. The Kier molecular flexibility index (Phi) is 2.50. The largest absolute Gasteiger partial charge is 0.383 e. The normalized spacial score (nSPS) is 12.7. The summed E-state index contributed by atoms with van der Waals surface area (Å²) in [6.07, 6.45) is 1.74. The molecule has 2 heterocycles. The molecule has 0 atom stereocenters. The number of hydrogen-bond donors (Lipinski definition) is 2. The smallest absolute Gasteiger partial charge is 0.145 e. The standard InChI is InChI=1S/C16H13N5/c17-15-12-10-18-21(11-6-2-1-3-7-11)16(12)20-14-9-5-4-8-13(14)19-15/h1-10,20H,(H2,17,19). The predicted octanol–water partition coefficient (Wildman–Crippen LogP) is 2.97. The zero-order valence-electron chi connectivity index (χ0n) is 11.2. The lowest BCUT2D eigenvalue weighted by atomic mass is 10.2. The Balaban J connectivity index is 1.92. The van der Waals surface area contributed by atoms with Gasteiger partial charge in [0.1, 0.15) is 11.7 Å². The van der Waals surface area contributed by atoms with E-state index in [0.29, 0.717) is 5.84 Å². The van der Waals surface area contributed by atoms with Crippen LogP contribution in [0.2, 0.25) is 0 Å². The van der Waals surface area contributed by atoms with Crippen LogP contribution >= 0.6 is 0 Å². The number of rotatable bonds is 1. The fraction of sp³-hybridized carbons (Fsp3) is 0. The lowest BCUT2D eigenvalue weighted by Gasteiger charge is -2.10. The molecule has 21 heavy (non-hydrogen) atoms. The molecule has 0 radical (unpaired) electrons. The van der Waals surface area contributed by atoms with Crippen molar-refractivity contribution in [2.45, 2.75) is 0 Å². The summed E-state index contributed by atoms with van der Waals surface area (Å²) in [6, 6.07) is 17.7. The summed E-state index contributed by atoms with van der Waals surface area (Å²) < 4.78 is 1.83. The molecule has 0 fully saturated rings. The van der Waals surface area contributed by atoms with Crippen molar-refractivity contribution in [1.82, 2.24) is 9.78 Å². The number of amidine groups is 1. The Labute approximate surface area is 121 Å². The van der Waals surface area contributed by atoms with E-state index in [1.807, 2.05) is 59.3 Å². The van der Waals surface area contributed by atoms with Crippen molar-refractivity contribution in [3.8, 4) is 5.69 Å². The Bertz CT molecular complexity index is 833. The molecule has 3 aromatic rings. The highest BCUT2D eigenvalue weighted by molar-refractivity contribution is 6.06. The van der Waals surface area contributed by atoms with Crippen LogP contribution in [0.25, 0.3) is 5.69 Å². The molecule has 2 aromatic carbocycles. The highest BCUT2D eigenvalue weighted by Gasteiger charge is 2.19. The summed E-state index contributed by atoms with van der Waals surface area (Å²) in [5, 5.41) is 7.81. The number of benzene rings is 2. The van der Waals surface area contributed by atoms with Crippen molar-refractivity contribution < 1.29 is 0 Å². The van der Waals surface area contributed by atoms with Gasteiger partial charge in [-0.25, -0.2) is 9.67 Å². The summed E-state index contributed by atoms with van der Waals surface area (Å²) in [6.45, 7) is 0. The van der Waals surface area contributed by atoms with Crippen LogP contribution in [0.3, 0.4) is 0 Å². The SMILES string of the molecule is NC1=Nc2ccccc2Nc2c1cnn2-c1ccccc1. The Morgan fingerprint density at radius 1 is 0.952 bits per heavy atom.